The van der Waals surface area contributed by atoms with Crippen molar-refractivity contribution in [2.24, 2.45) is 16.7 Å². The van der Waals surface area contributed by atoms with E-state index in [1.54, 1.807) is 0 Å². The van der Waals surface area contributed by atoms with E-state index in [4.69, 9.17) is 0 Å². The van der Waals surface area contributed by atoms with Crippen molar-refractivity contribution in [3.63, 3.8) is 0 Å². The van der Waals surface area contributed by atoms with Gasteiger partial charge in [0.25, 0.3) is 0 Å². The maximum absolute atomic E-state index is 4.56. The van der Waals surface area contributed by atoms with Gasteiger partial charge in [0, 0.05) is 11.4 Å². The van der Waals surface area contributed by atoms with Crippen LogP contribution in [-0.2, 0) is 6.42 Å². The van der Waals surface area contributed by atoms with E-state index in [9.17, 15) is 0 Å². The summed E-state index contributed by atoms with van der Waals surface area (Å²) in [5, 5.41) is 1.89. The molecule has 0 aliphatic carbocycles. The molecule has 18 heavy (non-hydrogen) atoms. The van der Waals surface area contributed by atoms with Crippen LogP contribution < -0.4 is 0 Å². The van der Waals surface area contributed by atoms with Crippen LogP contribution in [0, 0.1) is 16.7 Å². The van der Waals surface area contributed by atoms with Gasteiger partial charge in [0.15, 0.2) is 0 Å². The van der Waals surface area contributed by atoms with E-state index in [0.29, 0.717) is 22.0 Å². The Bertz CT molecular complexity index is 384. The molecule has 0 saturated carbocycles. The molecule has 2 heteroatoms. The Kier molecular flexibility index (Phi) is 3.52. The summed E-state index contributed by atoms with van der Waals surface area (Å²) in [7, 11) is 0. The minimum Gasteiger partial charge on any atom is -0.250 e. The first-order chi connectivity index (χ1) is 8.19. The van der Waals surface area contributed by atoms with Crippen LogP contribution in [0.5, 0.6) is 0 Å². The lowest BCUT2D eigenvalue weighted by Gasteiger charge is -2.46. The zero-order chi connectivity index (χ0) is 13.6. The van der Waals surface area contributed by atoms with Gasteiger partial charge in [-0.3, -0.25) is 0 Å². The molecular weight excluding hydrogens is 238 g/mol. The van der Waals surface area contributed by atoms with Crippen LogP contribution in [0.3, 0.4) is 0 Å². The topological polar surface area (TPSA) is 12.9 Å². The van der Waals surface area contributed by atoms with E-state index in [1.165, 1.54) is 17.0 Å². The number of hydrogen-bond acceptors (Lipinski definition) is 2. The molecule has 1 aromatic heterocycles. The number of fused-ring (bicyclic) bond motifs is 1. The summed E-state index contributed by atoms with van der Waals surface area (Å²) in [6.45, 7) is 14.2. The first kappa shape index (κ1) is 13.9. The summed E-state index contributed by atoms with van der Waals surface area (Å²) in [6.07, 6.45) is 3.09. The summed E-state index contributed by atoms with van der Waals surface area (Å²) in [6, 6.07) is 4.31. The van der Waals surface area contributed by atoms with Crippen molar-refractivity contribution in [3.8, 4) is 0 Å². The number of nitrogens with zero attached hydrogens (tertiary/aromatic N) is 1. The second kappa shape index (κ2) is 4.56. The smallest absolute Gasteiger partial charge is 0.0994 e. The molecule has 0 N–H and O–H groups in total. The van der Waals surface area contributed by atoms with Crippen LogP contribution in [-0.4, -0.2) is 10.2 Å². The van der Waals surface area contributed by atoms with Crippen molar-refractivity contribution in [3.05, 3.63) is 23.9 Å². The number of thioether (sulfide) groups is 1. The molecule has 0 fully saturated rings. The molecule has 2 atom stereocenters. The maximum atomic E-state index is 4.56. The highest BCUT2D eigenvalue weighted by atomic mass is 32.2. The van der Waals surface area contributed by atoms with Gasteiger partial charge in [-0.1, -0.05) is 47.6 Å². The van der Waals surface area contributed by atoms with Gasteiger partial charge >= 0.3 is 0 Å². The highest BCUT2D eigenvalue weighted by molar-refractivity contribution is 8.00. The first-order valence-corrected chi connectivity index (χ1v) is 7.68. The fraction of sp³-hybridized carbons (Fsp3) is 0.688. The molecule has 2 unspecified atom stereocenters. The molecule has 0 aromatic carbocycles. The van der Waals surface area contributed by atoms with Gasteiger partial charge in [-0.15, -0.1) is 11.8 Å². The normalized spacial score (nSPS) is 24.8. The van der Waals surface area contributed by atoms with E-state index in [1.807, 2.05) is 18.0 Å². The molecule has 1 aliphatic rings. The average Bonchev–Trinajstić information content (AvgIpc) is 2.25. The van der Waals surface area contributed by atoms with Crippen LogP contribution >= 0.6 is 11.8 Å². The van der Waals surface area contributed by atoms with Crippen LogP contribution in [0.2, 0.25) is 0 Å². The zero-order valence-corrected chi connectivity index (χ0v) is 13.3. The third kappa shape index (κ3) is 2.74. The molecule has 0 spiro atoms. The Morgan fingerprint density at radius 1 is 1.11 bits per heavy atom. The maximum Gasteiger partial charge on any atom is 0.0994 e. The highest BCUT2D eigenvalue weighted by Gasteiger charge is 2.42. The van der Waals surface area contributed by atoms with Crippen LogP contribution in [0.25, 0.3) is 0 Å². The SMILES string of the molecule is CC(C)(C)C1Cc2cccnc2SC1C(C)(C)C. The lowest BCUT2D eigenvalue weighted by molar-refractivity contribution is 0.170. The van der Waals surface area contributed by atoms with Crippen molar-refractivity contribution in [2.75, 3.05) is 0 Å². The van der Waals surface area contributed by atoms with Crippen molar-refractivity contribution >= 4 is 11.8 Å². The molecule has 1 aromatic rings. The lowest BCUT2D eigenvalue weighted by atomic mass is 9.69. The summed E-state index contributed by atoms with van der Waals surface area (Å²) >= 11 is 1.99. The van der Waals surface area contributed by atoms with Crippen molar-refractivity contribution in [2.45, 2.75) is 58.2 Å². The van der Waals surface area contributed by atoms with Crippen molar-refractivity contribution in [1.29, 1.82) is 0 Å². The van der Waals surface area contributed by atoms with Gasteiger partial charge in [-0.2, -0.15) is 0 Å². The second-order valence-electron chi connectivity index (χ2n) is 7.55. The molecule has 0 amide bonds. The average molecular weight is 263 g/mol. The molecular formula is C16H25NS. The zero-order valence-electron chi connectivity index (χ0n) is 12.4. The fourth-order valence-corrected chi connectivity index (χ4v) is 4.46. The molecule has 1 nitrogen and oxygen atoms in total. The van der Waals surface area contributed by atoms with Gasteiger partial charge in [0.1, 0.15) is 0 Å². The van der Waals surface area contributed by atoms with Crippen LogP contribution in [0.1, 0.15) is 47.1 Å². The summed E-state index contributed by atoms with van der Waals surface area (Å²) in [4.78, 5) is 4.56. The van der Waals surface area contributed by atoms with E-state index in [2.05, 4.69) is 58.7 Å². The molecule has 0 radical (unpaired) electrons. The Morgan fingerprint density at radius 2 is 1.78 bits per heavy atom. The molecule has 2 rings (SSSR count). The predicted octanol–water partition coefficient (Wildman–Crippen LogP) is 4.81. The number of pyridine rings is 1. The third-order valence-corrected chi connectivity index (χ3v) is 5.74. The van der Waals surface area contributed by atoms with Crippen LogP contribution in [0.4, 0.5) is 0 Å². The Labute approximate surface area is 116 Å². The van der Waals surface area contributed by atoms with E-state index >= 15 is 0 Å². The van der Waals surface area contributed by atoms with Gasteiger partial charge in [-0.05, 0) is 34.8 Å². The van der Waals surface area contributed by atoms with Gasteiger partial charge in [0.05, 0.1) is 5.03 Å². The Morgan fingerprint density at radius 3 is 2.33 bits per heavy atom. The van der Waals surface area contributed by atoms with Gasteiger partial charge in [0.2, 0.25) is 0 Å². The molecule has 100 valence electrons. The molecule has 0 saturated heterocycles. The Hall–Kier alpha value is -0.500. The first-order valence-electron chi connectivity index (χ1n) is 6.80. The summed E-state index contributed by atoms with van der Waals surface area (Å²) in [5.41, 5.74) is 2.10. The largest absolute Gasteiger partial charge is 0.250 e. The summed E-state index contributed by atoms with van der Waals surface area (Å²) < 4.78 is 0. The molecule has 0 bridgehead atoms. The predicted molar refractivity (Wildman–Crippen MR) is 80.0 cm³/mol. The number of aromatic nitrogens is 1. The van der Waals surface area contributed by atoms with Crippen LogP contribution in [0.15, 0.2) is 23.4 Å². The quantitative estimate of drug-likeness (QED) is 0.666. The fourth-order valence-electron chi connectivity index (χ4n) is 2.77. The number of rotatable bonds is 0. The highest BCUT2D eigenvalue weighted by Crippen LogP contribution is 2.50. The van der Waals surface area contributed by atoms with Gasteiger partial charge in [-0.25, -0.2) is 4.98 Å². The minimum atomic E-state index is 0.317. The van der Waals surface area contributed by atoms with Crippen molar-refractivity contribution in [1.82, 2.24) is 4.98 Å². The lowest BCUT2D eigenvalue weighted by Crippen LogP contribution is -2.42. The van der Waals surface area contributed by atoms with E-state index in [-0.39, 0.29) is 0 Å². The number of hydrogen-bond donors (Lipinski definition) is 0. The van der Waals surface area contributed by atoms with Gasteiger partial charge < -0.3 is 0 Å². The monoisotopic (exact) mass is 263 g/mol. The standard InChI is InChI=1S/C16H25NS/c1-15(2,3)12-10-11-8-7-9-17-14(11)18-13(12)16(4,5)6/h7-9,12-13H,10H2,1-6H3. The molecule has 2 heterocycles. The third-order valence-electron chi connectivity index (χ3n) is 3.86. The minimum absolute atomic E-state index is 0.317. The Balaban J connectivity index is 2.40. The second-order valence-corrected chi connectivity index (χ2v) is 8.68. The summed E-state index contributed by atoms with van der Waals surface area (Å²) in [5.74, 6) is 0.708. The van der Waals surface area contributed by atoms with E-state index < -0.39 is 0 Å². The molecule has 1 aliphatic heterocycles. The van der Waals surface area contributed by atoms with E-state index in [0.717, 1.165) is 0 Å². The van der Waals surface area contributed by atoms with Crippen molar-refractivity contribution < 1.29 is 0 Å².